The van der Waals surface area contributed by atoms with Crippen LogP contribution < -0.4 is 5.32 Å². The van der Waals surface area contributed by atoms with Crippen LogP contribution in [-0.2, 0) is 5.54 Å². The Morgan fingerprint density at radius 1 is 1.00 bits per heavy atom. The molecule has 2 heteroatoms. The number of nitrogens with one attached hydrogen (secondary N) is 1. The molecule has 1 aliphatic carbocycles. The zero-order valence-corrected chi connectivity index (χ0v) is 11.2. The van der Waals surface area contributed by atoms with Crippen molar-refractivity contribution >= 4 is 17.3 Å². The lowest BCUT2D eigenvalue weighted by Gasteiger charge is -2.21. The molecule has 1 fully saturated rings. The maximum Gasteiger partial charge on any atom is 0.0627 e. The molecule has 2 aromatic carbocycles. The highest BCUT2D eigenvalue weighted by molar-refractivity contribution is 6.31. The van der Waals surface area contributed by atoms with E-state index in [0.717, 1.165) is 16.3 Å². The van der Waals surface area contributed by atoms with Gasteiger partial charge in [0.05, 0.1) is 5.54 Å². The van der Waals surface area contributed by atoms with Gasteiger partial charge in [0.25, 0.3) is 0 Å². The second-order valence-corrected chi connectivity index (χ2v) is 5.39. The number of hydrogen-bond acceptors (Lipinski definition) is 1. The highest BCUT2D eigenvalue weighted by Gasteiger charge is 2.44. The first-order chi connectivity index (χ1) is 8.71. The number of benzene rings is 2. The second-order valence-electron chi connectivity index (χ2n) is 4.99. The maximum absolute atomic E-state index is 6.17. The molecule has 0 unspecified atom stereocenters. The number of halogens is 1. The molecule has 18 heavy (non-hydrogen) atoms. The van der Waals surface area contributed by atoms with Gasteiger partial charge in [-0.1, -0.05) is 48.0 Å². The molecule has 0 spiro atoms. The molecule has 0 bridgehead atoms. The third-order valence-electron chi connectivity index (χ3n) is 3.72. The van der Waals surface area contributed by atoms with Crippen molar-refractivity contribution in [3.05, 3.63) is 64.7 Å². The molecular formula is C16H16ClN. The van der Waals surface area contributed by atoms with Crippen molar-refractivity contribution in [3.8, 4) is 0 Å². The summed E-state index contributed by atoms with van der Waals surface area (Å²) in [5, 5.41) is 4.49. The minimum atomic E-state index is 0.122. The highest BCUT2D eigenvalue weighted by atomic mass is 35.5. The van der Waals surface area contributed by atoms with E-state index in [-0.39, 0.29) is 5.54 Å². The van der Waals surface area contributed by atoms with Crippen LogP contribution in [0.2, 0.25) is 5.02 Å². The number of hydrogen-bond donors (Lipinski definition) is 1. The van der Waals surface area contributed by atoms with Gasteiger partial charge in [0.15, 0.2) is 0 Å². The molecule has 0 saturated heterocycles. The fraction of sp³-hybridized carbons (Fsp3) is 0.250. The Morgan fingerprint density at radius 3 is 2.39 bits per heavy atom. The molecule has 0 atom stereocenters. The van der Waals surface area contributed by atoms with E-state index in [1.54, 1.807) is 0 Å². The van der Waals surface area contributed by atoms with Crippen molar-refractivity contribution in [1.29, 1.82) is 0 Å². The molecule has 0 amide bonds. The predicted octanol–water partition coefficient (Wildman–Crippen LogP) is 4.75. The Hall–Kier alpha value is -1.47. The average Bonchev–Trinajstić information content (AvgIpc) is 3.17. The summed E-state index contributed by atoms with van der Waals surface area (Å²) in [6.45, 7) is 2.06. The van der Waals surface area contributed by atoms with Crippen molar-refractivity contribution in [2.45, 2.75) is 25.3 Å². The summed E-state index contributed by atoms with van der Waals surface area (Å²) in [5.74, 6) is 0. The van der Waals surface area contributed by atoms with E-state index in [1.165, 1.54) is 18.4 Å². The fourth-order valence-electron chi connectivity index (χ4n) is 2.37. The third kappa shape index (κ3) is 1.99. The lowest BCUT2D eigenvalue weighted by atomic mass is 10.0. The van der Waals surface area contributed by atoms with Gasteiger partial charge in [-0.05, 0) is 43.0 Å². The molecule has 1 nitrogen and oxygen atoms in total. The molecule has 3 rings (SSSR count). The molecule has 1 aliphatic rings. The SMILES string of the molecule is Cc1c(Cl)cccc1NC1(c2ccccc2)CC1. The summed E-state index contributed by atoms with van der Waals surface area (Å²) in [7, 11) is 0. The summed E-state index contributed by atoms with van der Waals surface area (Å²) < 4.78 is 0. The van der Waals surface area contributed by atoms with Crippen LogP contribution >= 0.6 is 11.6 Å². The largest absolute Gasteiger partial charge is 0.375 e. The van der Waals surface area contributed by atoms with Crippen LogP contribution in [0.3, 0.4) is 0 Å². The van der Waals surface area contributed by atoms with Crippen molar-refractivity contribution in [1.82, 2.24) is 0 Å². The molecular weight excluding hydrogens is 242 g/mol. The summed E-state index contributed by atoms with van der Waals surface area (Å²) in [5.41, 5.74) is 3.76. The molecule has 0 aliphatic heterocycles. The first kappa shape index (κ1) is 11.6. The van der Waals surface area contributed by atoms with Gasteiger partial charge in [0, 0.05) is 10.7 Å². The molecule has 2 aromatic rings. The monoisotopic (exact) mass is 257 g/mol. The Kier molecular flexibility index (Phi) is 2.79. The van der Waals surface area contributed by atoms with Crippen molar-refractivity contribution < 1.29 is 0 Å². The van der Waals surface area contributed by atoms with E-state index in [2.05, 4.69) is 48.6 Å². The van der Waals surface area contributed by atoms with Crippen LogP contribution in [0, 0.1) is 6.92 Å². The third-order valence-corrected chi connectivity index (χ3v) is 4.13. The first-order valence-electron chi connectivity index (χ1n) is 6.30. The van der Waals surface area contributed by atoms with Gasteiger partial charge in [-0.2, -0.15) is 0 Å². The van der Waals surface area contributed by atoms with Gasteiger partial charge in [-0.3, -0.25) is 0 Å². The van der Waals surface area contributed by atoms with E-state index >= 15 is 0 Å². The van der Waals surface area contributed by atoms with Crippen LogP contribution in [0.5, 0.6) is 0 Å². The predicted molar refractivity (Wildman–Crippen MR) is 77.2 cm³/mol. The maximum atomic E-state index is 6.17. The van der Waals surface area contributed by atoms with Crippen LogP contribution in [0.25, 0.3) is 0 Å². The molecule has 1 N–H and O–H groups in total. The lowest BCUT2D eigenvalue weighted by Crippen LogP contribution is -2.19. The van der Waals surface area contributed by atoms with E-state index in [4.69, 9.17) is 11.6 Å². The van der Waals surface area contributed by atoms with E-state index in [9.17, 15) is 0 Å². The van der Waals surface area contributed by atoms with E-state index in [0.29, 0.717) is 0 Å². The molecule has 1 saturated carbocycles. The summed E-state index contributed by atoms with van der Waals surface area (Å²) in [6.07, 6.45) is 2.37. The van der Waals surface area contributed by atoms with Crippen LogP contribution in [0.4, 0.5) is 5.69 Å². The highest BCUT2D eigenvalue weighted by Crippen LogP contribution is 2.48. The van der Waals surface area contributed by atoms with Gasteiger partial charge in [-0.15, -0.1) is 0 Å². The quantitative estimate of drug-likeness (QED) is 0.837. The first-order valence-corrected chi connectivity index (χ1v) is 6.68. The fourth-order valence-corrected chi connectivity index (χ4v) is 2.54. The lowest BCUT2D eigenvalue weighted by molar-refractivity contribution is 0.807. The van der Waals surface area contributed by atoms with Crippen molar-refractivity contribution in [2.75, 3.05) is 5.32 Å². The van der Waals surface area contributed by atoms with Crippen LogP contribution in [-0.4, -0.2) is 0 Å². The molecule has 92 valence electrons. The normalized spacial score (nSPS) is 16.3. The van der Waals surface area contributed by atoms with Crippen molar-refractivity contribution in [3.63, 3.8) is 0 Å². The van der Waals surface area contributed by atoms with Gasteiger partial charge in [0.2, 0.25) is 0 Å². The number of rotatable bonds is 3. The van der Waals surface area contributed by atoms with Crippen LogP contribution in [0.1, 0.15) is 24.0 Å². The summed E-state index contributed by atoms with van der Waals surface area (Å²) >= 11 is 6.17. The Labute approximate surface area is 113 Å². The molecule has 0 heterocycles. The Balaban J connectivity index is 1.91. The van der Waals surface area contributed by atoms with E-state index < -0.39 is 0 Å². The van der Waals surface area contributed by atoms with Crippen molar-refractivity contribution in [2.24, 2.45) is 0 Å². The summed E-state index contributed by atoms with van der Waals surface area (Å²) in [4.78, 5) is 0. The van der Waals surface area contributed by atoms with Gasteiger partial charge in [-0.25, -0.2) is 0 Å². The minimum Gasteiger partial charge on any atom is -0.375 e. The number of anilines is 1. The Bertz CT molecular complexity index is 559. The Morgan fingerprint density at radius 2 is 1.72 bits per heavy atom. The van der Waals surface area contributed by atoms with Gasteiger partial charge >= 0.3 is 0 Å². The summed E-state index contributed by atoms with van der Waals surface area (Å²) in [6, 6.07) is 16.7. The zero-order valence-electron chi connectivity index (χ0n) is 10.4. The molecule has 0 radical (unpaired) electrons. The van der Waals surface area contributed by atoms with E-state index in [1.807, 2.05) is 12.1 Å². The van der Waals surface area contributed by atoms with Gasteiger partial charge < -0.3 is 5.32 Å². The average molecular weight is 258 g/mol. The van der Waals surface area contributed by atoms with Gasteiger partial charge in [0.1, 0.15) is 0 Å². The molecule has 0 aromatic heterocycles. The topological polar surface area (TPSA) is 12.0 Å². The minimum absolute atomic E-state index is 0.122. The standard InChI is InChI=1S/C16H16ClN/c1-12-14(17)8-5-9-15(12)18-16(10-11-16)13-6-3-2-4-7-13/h2-9,18H,10-11H2,1H3. The second kappa shape index (κ2) is 4.33. The van der Waals surface area contributed by atoms with Crippen LogP contribution in [0.15, 0.2) is 48.5 Å². The smallest absolute Gasteiger partial charge is 0.0627 e. The zero-order chi connectivity index (χ0) is 12.6.